The summed E-state index contributed by atoms with van der Waals surface area (Å²) in [4.78, 5) is 1.53. The molecule has 0 fully saturated rings. The van der Waals surface area contributed by atoms with Gasteiger partial charge in [-0.1, -0.05) is 47.5 Å². The van der Waals surface area contributed by atoms with Crippen LogP contribution in [0.2, 0.25) is 10.0 Å². The Morgan fingerprint density at radius 2 is 1.96 bits per heavy atom. The van der Waals surface area contributed by atoms with Gasteiger partial charge in [0.1, 0.15) is 12.1 Å². The van der Waals surface area contributed by atoms with Crippen LogP contribution < -0.4 is 0 Å². The molecule has 120 valence electrons. The van der Waals surface area contributed by atoms with E-state index in [-0.39, 0.29) is 0 Å². The van der Waals surface area contributed by atoms with Gasteiger partial charge in [-0.3, -0.25) is 4.68 Å². The Morgan fingerprint density at radius 3 is 2.71 bits per heavy atom. The second-order valence-corrected chi connectivity index (χ2v) is 6.21. The average Bonchev–Trinajstić information content (AvgIpc) is 3.17. The van der Waals surface area contributed by atoms with Gasteiger partial charge in [0, 0.05) is 33.6 Å². The summed E-state index contributed by atoms with van der Waals surface area (Å²) in [7, 11) is 1.90. The fourth-order valence-corrected chi connectivity index (χ4v) is 3.29. The number of halogens is 2. The molecule has 0 saturated heterocycles. The quantitative estimate of drug-likeness (QED) is 0.561. The minimum absolute atomic E-state index is 0.491. The molecule has 2 aromatic carbocycles. The Hall–Kier alpha value is -2.44. The molecule has 2 aromatic heterocycles. The largest absolute Gasteiger partial charge is 0.269 e. The van der Waals surface area contributed by atoms with Gasteiger partial charge in [0.25, 0.3) is 0 Å². The third-order valence-corrected chi connectivity index (χ3v) is 4.44. The molecule has 0 aliphatic carbocycles. The first-order chi connectivity index (χ1) is 11.6. The fourth-order valence-electron chi connectivity index (χ4n) is 2.78. The second kappa shape index (κ2) is 5.89. The van der Waals surface area contributed by atoms with Crippen LogP contribution in [0.25, 0.3) is 22.0 Å². The molecular weight excluding hydrogens is 347 g/mol. The summed E-state index contributed by atoms with van der Waals surface area (Å²) in [5.74, 6) is 0. The van der Waals surface area contributed by atoms with Crippen molar-refractivity contribution >= 4 is 34.1 Å². The van der Waals surface area contributed by atoms with E-state index in [2.05, 4.69) is 20.5 Å². The molecule has 0 N–H and O–H groups in total. The molecule has 4 rings (SSSR count). The summed E-state index contributed by atoms with van der Waals surface area (Å²) in [6.45, 7) is 0.491. The van der Waals surface area contributed by atoms with Crippen LogP contribution in [0.1, 0.15) is 5.69 Å². The monoisotopic (exact) mass is 358 g/mol. The molecule has 0 bridgehead atoms. The highest BCUT2D eigenvalue weighted by atomic mass is 35.5. The molecule has 8 heteroatoms. The van der Waals surface area contributed by atoms with Crippen LogP contribution in [0.5, 0.6) is 0 Å². The first kappa shape index (κ1) is 15.1. The summed E-state index contributed by atoms with van der Waals surface area (Å²) < 4.78 is 1.83. The van der Waals surface area contributed by atoms with E-state index < -0.39 is 0 Å². The molecule has 0 aliphatic heterocycles. The van der Waals surface area contributed by atoms with Crippen molar-refractivity contribution in [2.24, 2.45) is 7.05 Å². The lowest BCUT2D eigenvalue weighted by atomic mass is 10.0. The van der Waals surface area contributed by atoms with Crippen LogP contribution in [0.4, 0.5) is 0 Å². The van der Waals surface area contributed by atoms with E-state index in [1.165, 1.54) is 11.1 Å². The summed E-state index contributed by atoms with van der Waals surface area (Å²) in [6.07, 6.45) is 1.41. The molecule has 0 atom stereocenters. The molecule has 24 heavy (non-hydrogen) atoms. The lowest BCUT2D eigenvalue weighted by Crippen LogP contribution is -2.08. The van der Waals surface area contributed by atoms with Gasteiger partial charge in [0.15, 0.2) is 6.33 Å². The highest BCUT2D eigenvalue weighted by Crippen LogP contribution is 2.35. The predicted molar refractivity (Wildman–Crippen MR) is 93.1 cm³/mol. The lowest BCUT2D eigenvalue weighted by Gasteiger charge is -2.06. The molecular formula is C16H12Cl2N6. The SMILES string of the molecule is Cn1nc2c(-c3ccc(Cl)cc3Cl)cccc2c1Cn1ncnn1. The van der Waals surface area contributed by atoms with Crippen LogP contribution in [0.15, 0.2) is 42.7 Å². The maximum absolute atomic E-state index is 6.37. The number of nitrogens with zero attached hydrogens (tertiary/aromatic N) is 6. The van der Waals surface area contributed by atoms with Gasteiger partial charge in [-0.05, 0) is 17.3 Å². The zero-order valence-electron chi connectivity index (χ0n) is 12.7. The van der Waals surface area contributed by atoms with Gasteiger partial charge >= 0.3 is 0 Å². The van der Waals surface area contributed by atoms with Crippen LogP contribution in [0.3, 0.4) is 0 Å². The van der Waals surface area contributed by atoms with E-state index in [0.29, 0.717) is 16.6 Å². The summed E-state index contributed by atoms with van der Waals surface area (Å²) >= 11 is 12.4. The number of rotatable bonds is 3. The molecule has 0 unspecified atom stereocenters. The molecule has 6 nitrogen and oxygen atoms in total. The summed E-state index contributed by atoms with van der Waals surface area (Å²) in [5, 5.41) is 18.6. The van der Waals surface area contributed by atoms with Gasteiger partial charge in [-0.15, -0.1) is 10.2 Å². The molecule has 0 spiro atoms. The lowest BCUT2D eigenvalue weighted by molar-refractivity contribution is 0.544. The van der Waals surface area contributed by atoms with Crippen LogP contribution >= 0.6 is 23.2 Å². The summed E-state index contributed by atoms with van der Waals surface area (Å²) in [6, 6.07) is 11.5. The zero-order chi connectivity index (χ0) is 16.7. The Labute approximate surface area is 147 Å². The van der Waals surface area contributed by atoms with Gasteiger partial charge in [0.2, 0.25) is 0 Å². The average molecular weight is 359 g/mol. The third-order valence-electron chi connectivity index (χ3n) is 3.89. The van der Waals surface area contributed by atoms with E-state index in [0.717, 1.165) is 27.7 Å². The first-order valence-electron chi connectivity index (χ1n) is 7.24. The van der Waals surface area contributed by atoms with Crippen LogP contribution in [-0.2, 0) is 13.6 Å². The van der Waals surface area contributed by atoms with Crippen molar-refractivity contribution in [2.45, 2.75) is 6.54 Å². The smallest absolute Gasteiger partial charge is 0.162 e. The van der Waals surface area contributed by atoms with Crippen molar-refractivity contribution in [3.63, 3.8) is 0 Å². The van der Waals surface area contributed by atoms with Crippen LogP contribution in [0, 0.1) is 0 Å². The van der Waals surface area contributed by atoms with Crippen LogP contribution in [-0.4, -0.2) is 30.0 Å². The third kappa shape index (κ3) is 2.53. The van der Waals surface area contributed by atoms with Crippen molar-refractivity contribution in [2.75, 3.05) is 0 Å². The predicted octanol–water partition coefficient (Wildman–Crippen LogP) is 3.58. The zero-order valence-corrected chi connectivity index (χ0v) is 14.2. The van der Waals surface area contributed by atoms with E-state index in [1.54, 1.807) is 6.07 Å². The van der Waals surface area contributed by atoms with Crippen molar-refractivity contribution in [1.29, 1.82) is 0 Å². The number of aryl methyl sites for hydroxylation is 1. The number of hydrogen-bond donors (Lipinski definition) is 0. The maximum atomic E-state index is 6.37. The second-order valence-electron chi connectivity index (χ2n) is 5.36. The molecule has 2 heterocycles. The van der Waals surface area contributed by atoms with Crippen molar-refractivity contribution in [1.82, 2.24) is 30.0 Å². The minimum atomic E-state index is 0.491. The molecule has 0 amide bonds. The minimum Gasteiger partial charge on any atom is -0.269 e. The highest BCUT2D eigenvalue weighted by molar-refractivity contribution is 6.36. The number of hydrogen-bond acceptors (Lipinski definition) is 4. The molecule has 0 radical (unpaired) electrons. The highest BCUT2D eigenvalue weighted by Gasteiger charge is 2.15. The van der Waals surface area contributed by atoms with Gasteiger partial charge in [-0.25, -0.2) is 0 Å². The topological polar surface area (TPSA) is 61.4 Å². The van der Waals surface area contributed by atoms with Gasteiger partial charge in [0.05, 0.1) is 5.69 Å². The fraction of sp³-hybridized carbons (Fsp3) is 0.125. The van der Waals surface area contributed by atoms with E-state index in [4.69, 9.17) is 23.2 Å². The standard InChI is InChI=1S/C16H12Cl2N6/c1-23-15(8-24-20-9-19-22-24)13-4-2-3-12(16(13)21-23)11-6-5-10(17)7-14(11)18/h2-7,9H,8H2,1H3. The molecule has 0 saturated carbocycles. The molecule has 0 aliphatic rings. The van der Waals surface area contributed by atoms with Crippen molar-refractivity contribution < 1.29 is 0 Å². The normalized spacial score (nSPS) is 11.3. The van der Waals surface area contributed by atoms with E-state index in [1.807, 2.05) is 42.1 Å². The Bertz CT molecular complexity index is 1020. The van der Waals surface area contributed by atoms with E-state index >= 15 is 0 Å². The van der Waals surface area contributed by atoms with Crippen molar-refractivity contribution in [3.8, 4) is 11.1 Å². The number of benzene rings is 2. The Balaban J connectivity index is 1.89. The Kier molecular flexibility index (Phi) is 3.70. The maximum Gasteiger partial charge on any atom is 0.162 e. The number of aromatic nitrogens is 6. The van der Waals surface area contributed by atoms with Gasteiger partial charge < -0.3 is 0 Å². The summed E-state index contributed by atoms with van der Waals surface area (Å²) in [5.41, 5.74) is 3.73. The Morgan fingerprint density at radius 1 is 1.08 bits per heavy atom. The molecule has 4 aromatic rings. The first-order valence-corrected chi connectivity index (χ1v) is 8.00. The van der Waals surface area contributed by atoms with Gasteiger partial charge in [-0.2, -0.15) is 9.90 Å². The number of fused-ring (bicyclic) bond motifs is 1. The van der Waals surface area contributed by atoms with E-state index in [9.17, 15) is 0 Å². The number of tetrazole rings is 1. The van der Waals surface area contributed by atoms with Crippen molar-refractivity contribution in [3.05, 3.63) is 58.5 Å².